The first kappa shape index (κ1) is 29.8. The Labute approximate surface area is 246 Å². The van der Waals surface area contributed by atoms with Gasteiger partial charge < -0.3 is 24.8 Å². The Kier molecular flexibility index (Phi) is 9.32. The molecule has 4 atom stereocenters. The number of methoxy groups -OCH3 is 2. The summed E-state index contributed by atoms with van der Waals surface area (Å²) in [7, 11) is 2.59. The van der Waals surface area contributed by atoms with Crippen LogP contribution in [0.2, 0.25) is 0 Å². The van der Waals surface area contributed by atoms with Gasteiger partial charge in [-0.05, 0) is 83.2 Å². The Hall–Kier alpha value is -3.22. The molecule has 3 N–H and O–H groups in total. The molecule has 0 aromatic heterocycles. The molecule has 0 bridgehead atoms. The van der Waals surface area contributed by atoms with Crippen LogP contribution in [0.3, 0.4) is 0 Å². The highest BCUT2D eigenvalue weighted by molar-refractivity contribution is 14.1. The number of fused-ring (bicyclic) bond motifs is 1. The number of nitrogens with zero attached hydrogens (tertiary/aromatic N) is 1. The summed E-state index contributed by atoms with van der Waals surface area (Å²) in [6.07, 6.45) is 0.889. The number of ether oxygens (including phenoxy) is 2. The molecule has 212 valence electrons. The average molecular weight is 661 g/mol. The fraction of sp³-hybridized carbons (Fsp3) is 0.367. The van der Waals surface area contributed by atoms with Crippen molar-refractivity contribution in [3.05, 3.63) is 68.3 Å². The van der Waals surface area contributed by atoms with E-state index in [2.05, 4.69) is 4.74 Å². The first-order chi connectivity index (χ1) is 19.1. The van der Waals surface area contributed by atoms with Crippen molar-refractivity contribution < 1.29 is 39.2 Å². The molecule has 2 aromatic rings. The molecule has 4 rings (SSSR count). The van der Waals surface area contributed by atoms with E-state index in [-0.39, 0.29) is 18.6 Å². The molecule has 3 amide bonds. The van der Waals surface area contributed by atoms with Gasteiger partial charge in [-0.1, -0.05) is 42.0 Å². The summed E-state index contributed by atoms with van der Waals surface area (Å²) < 4.78 is 10.6. The monoisotopic (exact) mass is 661 g/mol. The highest BCUT2D eigenvalue weighted by atomic mass is 127. The molecule has 0 saturated carbocycles. The first-order valence-electron chi connectivity index (χ1n) is 12.9. The van der Waals surface area contributed by atoms with Crippen LogP contribution in [0.15, 0.2) is 53.6 Å². The lowest BCUT2D eigenvalue weighted by Crippen LogP contribution is -2.39. The molecule has 2 aromatic carbocycles. The van der Waals surface area contributed by atoms with Crippen molar-refractivity contribution in [2.45, 2.75) is 32.3 Å². The Balaban J connectivity index is 1.63. The third-order valence-corrected chi connectivity index (χ3v) is 8.51. The van der Waals surface area contributed by atoms with Crippen molar-refractivity contribution in [1.29, 1.82) is 0 Å². The highest BCUT2D eigenvalue weighted by Gasteiger charge is 2.56. The van der Waals surface area contributed by atoms with Gasteiger partial charge in [0, 0.05) is 5.92 Å². The SMILES string of the molecule is COC(=O)N1C(=O)[C@@H]2[C@@H](CC(C)=C([C@H](O)CC/C(=C/c3cc(I)c(O)c(OC)c3)c3ccccc3)[C@@H]2CO)C1=O. The van der Waals surface area contributed by atoms with Gasteiger partial charge in [0.05, 0.1) is 42.3 Å². The van der Waals surface area contributed by atoms with Gasteiger partial charge in [-0.3, -0.25) is 9.59 Å². The molecule has 1 aliphatic heterocycles. The van der Waals surface area contributed by atoms with Crippen molar-refractivity contribution >= 4 is 52.1 Å². The van der Waals surface area contributed by atoms with Gasteiger partial charge >= 0.3 is 6.09 Å². The van der Waals surface area contributed by atoms with Crippen LogP contribution in [-0.2, 0) is 14.3 Å². The van der Waals surface area contributed by atoms with Gasteiger partial charge in [0.15, 0.2) is 11.5 Å². The molecule has 0 radical (unpaired) electrons. The quantitative estimate of drug-likeness (QED) is 0.164. The second kappa shape index (κ2) is 12.5. The topological polar surface area (TPSA) is 134 Å². The van der Waals surface area contributed by atoms with Crippen molar-refractivity contribution in [2.24, 2.45) is 17.8 Å². The number of rotatable bonds is 8. The maximum atomic E-state index is 13.1. The molecular weight excluding hydrogens is 629 g/mol. The molecule has 10 heteroatoms. The van der Waals surface area contributed by atoms with Crippen LogP contribution < -0.4 is 4.74 Å². The number of likely N-dealkylation sites (tertiary alicyclic amines) is 1. The summed E-state index contributed by atoms with van der Waals surface area (Å²) in [5.41, 5.74) is 3.96. The molecule has 0 spiro atoms. The molecule has 1 heterocycles. The number of amides is 3. The summed E-state index contributed by atoms with van der Waals surface area (Å²) in [4.78, 5) is 38.6. The number of allylic oxidation sites excluding steroid dienone is 2. The summed E-state index contributed by atoms with van der Waals surface area (Å²) >= 11 is 2.04. The molecule has 2 aliphatic rings. The number of hydrogen-bond donors (Lipinski definition) is 3. The van der Waals surface area contributed by atoms with E-state index < -0.39 is 48.4 Å². The van der Waals surface area contributed by atoms with E-state index in [0.717, 1.165) is 29.4 Å². The number of imide groups is 3. The van der Waals surface area contributed by atoms with E-state index in [1.807, 2.05) is 65.1 Å². The summed E-state index contributed by atoms with van der Waals surface area (Å²) in [5, 5.41) is 32.0. The number of phenols is 1. The number of carbonyl (C=O) groups is 3. The lowest BCUT2D eigenvalue weighted by atomic mass is 9.68. The Bertz CT molecular complexity index is 1370. The normalized spacial score (nSPS) is 21.9. The fourth-order valence-electron chi connectivity index (χ4n) is 5.82. The second-order valence-electron chi connectivity index (χ2n) is 9.99. The molecular formula is C30H32INO8. The number of hydrogen-bond acceptors (Lipinski definition) is 8. The minimum absolute atomic E-state index is 0.0655. The number of aromatic hydroxyl groups is 1. The van der Waals surface area contributed by atoms with Gasteiger partial charge in [0.1, 0.15) is 0 Å². The molecule has 1 aliphatic carbocycles. The zero-order valence-electron chi connectivity index (χ0n) is 22.5. The highest BCUT2D eigenvalue weighted by Crippen LogP contribution is 2.46. The van der Waals surface area contributed by atoms with Crippen LogP contribution in [0, 0.1) is 21.3 Å². The summed E-state index contributed by atoms with van der Waals surface area (Å²) in [5.74, 6) is -3.46. The summed E-state index contributed by atoms with van der Waals surface area (Å²) in [6, 6.07) is 13.3. The van der Waals surface area contributed by atoms with E-state index in [4.69, 9.17) is 4.74 Å². The van der Waals surface area contributed by atoms with Crippen LogP contribution in [0.4, 0.5) is 4.79 Å². The van der Waals surface area contributed by atoms with Gasteiger partial charge in [-0.2, -0.15) is 4.90 Å². The molecule has 1 saturated heterocycles. The minimum Gasteiger partial charge on any atom is -0.504 e. The maximum absolute atomic E-state index is 13.1. The van der Waals surface area contributed by atoms with Crippen LogP contribution in [0.5, 0.6) is 11.5 Å². The summed E-state index contributed by atoms with van der Waals surface area (Å²) in [6.45, 7) is 1.33. The second-order valence-corrected chi connectivity index (χ2v) is 11.1. The van der Waals surface area contributed by atoms with Gasteiger partial charge in [0.25, 0.3) is 0 Å². The van der Waals surface area contributed by atoms with E-state index in [0.29, 0.717) is 26.2 Å². The van der Waals surface area contributed by atoms with Crippen molar-refractivity contribution in [1.82, 2.24) is 4.90 Å². The van der Waals surface area contributed by atoms with Crippen LogP contribution in [-0.4, -0.2) is 65.1 Å². The molecule has 40 heavy (non-hydrogen) atoms. The lowest BCUT2D eigenvalue weighted by Gasteiger charge is -2.35. The smallest absolute Gasteiger partial charge is 0.423 e. The largest absolute Gasteiger partial charge is 0.504 e. The number of phenolic OH excluding ortho intramolecular Hbond substituents is 1. The Morgan fingerprint density at radius 3 is 2.50 bits per heavy atom. The van der Waals surface area contributed by atoms with Crippen molar-refractivity contribution in [3.8, 4) is 11.5 Å². The fourth-order valence-corrected chi connectivity index (χ4v) is 6.45. The first-order valence-corrected chi connectivity index (χ1v) is 14.0. The number of aliphatic hydroxyl groups excluding tert-OH is 2. The molecule has 1 fully saturated rings. The van der Waals surface area contributed by atoms with Gasteiger partial charge in [-0.25, -0.2) is 4.79 Å². The lowest BCUT2D eigenvalue weighted by molar-refractivity contribution is -0.137. The Morgan fingerprint density at radius 2 is 1.88 bits per heavy atom. The van der Waals surface area contributed by atoms with E-state index in [1.54, 1.807) is 13.0 Å². The van der Waals surface area contributed by atoms with E-state index in [9.17, 15) is 29.7 Å². The predicted molar refractivity (Wildman–Crippen MR) is 156 cm³/mol. The third kappa shape index (κ3) is 5.65. The predicted octanol–water partition coefficient (Wildman–Crippen LogP) is 4.38. The number of benzene rings is 2. The van der Waals surface area contributed by atoms with Gasteiger partial charge in [0.2, 0.25) is 11.8 Å². The van der Waals surface area contributed by atoms with Crippen molar-refractivity contribution in [3.63, 3.8) is 0 Å². The van der Waals surface area contributed by atoms with E-state index in [1.165, 1.54) is 7.11 Å². The zero-order valence-corrected chi connectivity index (χ0v) is 24.6. The van der Waals surface area contributed by atoms with Gasteiger partial charge in [-0.15, -0.1) is 0 Å². The minimum atomic E-state index is -1.04. The molecule has 0 unspecified atom stereocenters. The van der Waals surface area contributed by atoms with E-state index >= 15 is 0 Å². The van der Waals surface area contributed by atoms with Crippen LogP contribution >= 0.6 is 22.6 Å². The number of carbonyl (C=O) groups excluding carboxylic acids is 3. The number of halogens is 1. The van der Waals surface area contributed by atoms with Crippen LogP contribution in [0.25, 0.3) is 11.6 Å². The maximum Gasteiger partial charge on any atom is 0.423 e. The van der Waals surface area contributed by atoms with Crippen molar-refractivity contribution in [2.75, 3.05) is 20.8 Å². The average Bonchev–Trinajstić information content (AvgIpc) is 3.20. The zero-order chi connectivity index (χ0) is 29.1. The van der Waals surface area contributed by atoms with Crippen LogP contribution in [0.1, 0.15) is 37.3 Å². The Morgan fingerprint density at radius 1 is 1.18 bits per heavy atom. The molecule has 9 nitrogen and oxygen atoms in total. The standard InChI is InChI=1S/C30H32INO8/c1-16-11-20-26(29(37)32(28(20)36)30(38)40-3)21(15-33)25(16)23(34)10-9-19(18-7-5-4-6-8-18)12-17-13-22(31)27(35)24(14-17)39-2/h4-8,12-14,20-21,23,26,33-35H,9-11,15H2,1-3H3/b19-12-/t20-,21+,23-,26-/m1/s1. The number of aliphatic hydroxyl groups is 2. The third-order valence-electron chi connectivity index (χ3n) is 7.68.